The smallest absolute Gasteiger partial charge is 0.123 e. The van der Waals surface area contributed by atoms with Gasteiger partial charge in [-0.15, -0.1) is 0 Å². The van der Waals surface area contributed by atoms with E-state index in [0.29, 0.717) is 6.04 Å². The Labute approximate surface area is 98.2 Å². The number of methoxy groups -OCH3 is 1. The van der Waals surface area contributed by atoms with Crippen LogP contribution in [0.1, 0.15) is 31.7 Å². The van der Waals surface area contributed by atoms with Crippen LogP contribution in [-0.4, -0.2) is 24.6 Å². The van der Waals surface area contributed by atoms with E-state index in [2.05, 4.69) is 24.0 Å². The summed E-state index contributed by atoms with van der Waals surface area (Å²) in [4.78, 5) is 2.56. The molecule has 1 saturated heterocycles. The van der Waals surface area contributed by atoms with Gasteiger partial charge in [0.1, 0.15) is 5.75 Å². The zero-order chi connectivity index (χ0) is 11.4. The lowest BCUT2D eigenvalue weighted by Gasteiger charge is -2.33. The first-order valence-electron chi connectivity index (χ1n) is 6.17. The van der Waals surface area contributed by atoms with Crippen molar-refractivity contribution >= 4 is 0 Å². The molecular formula is C14H21NO. The zero-order valence-corrected chi connectivity index (χ0v) is 10.3. The Morgan fingerprint density at radius 2 is 2.12 bits per heavy atom. The molecule has 88 valence electrons. The highest BCUT2D eigenvalue weighted by atomic mass is 16.5. The quantitative estimate of drug-likeness (QED) is 0.774. The number of benzene rings is 1. The SMILES string of the molecule is COc1ccccc1CN1CCCC[C@H]1C. The van der Waals surface area contributed by atoms with Crippen molar-refractivity contribution in [1.29, 1.82) is 0 Å². The van der Waals surface area contributed by atoms with E-state index in [4.69, 9.17) is 4.74 Å². The van der Waals surface area contributed by atoms with E-state index in [9.17, 15) is 0 Å². The lowest BCUT2D eigenvalue weighted by atomic mass is 10.0. The highest BCUT2D eigenvalue weighted by molar-refractivity contribution is 5.33. The number of ether oxygens (including phenoxy) is 1. The molecule has 16 heavy (non-hydrogen) atoms. The van der Waals surface area contributed by atoms with E-state index in [-0.39, 0.29) is 0 Å². The van der Waals surface area contributed by atoms with E-state index in [1.165, 1.54) is 31.4 Å². The molecule has 1 heterocycles. The van der Waals surface area contributed by atoms with E-state index < -0.39 is 0 Å². The van der Waals surface area contributed by atoms with Crippen molar-refractivity contribution in [3.63, 3.8) is 0 Å². The summed E-state index contributed by atoms with van der Waals surface area (Å²) in [6, 6.07) is 9.04. The fourth-order valence-corrected chi connectivity index (χ4v) is 2.44. The minimum Gasteiger partial charge on any atom is -0.496 e. The summed E-state index contributed by atoms with van der Waals surface area (Å²) in [6.07, 6.45) is 4.04. The maximum absolute atomic E-state index is 5.40. The third-order valence-corrected chi connectivity index (χ3v) is 3.51. The average Bonchev–Trinajstić information content (AvgIpc) is 2.33. The predicted octanol–water partition coefficient (Wildman–Crippen LogP) is 3.07. The molecule has 1 aliphatic rings. The molecule has 0 aliphatic carbocycles. The topological polar surface area (TPSA) is 12.5 Å². The van der Waals surface area contributed by atoms with Gasteiger partial charge in [0.15, 0.2) is 0 Å². The van der Waals surface area contributed by atoms with Gasteiger partial charge < -0.3 is 4.74 Å². The maximum Gasteiger partial charge on any atom is 0.123 e. The third-order valence-electron chi connectivity index (χ3n) is 3.51. The largest absolute Gasteiger partial charge is 0.496 e. The fourth-order valence-electron chi connectivity index (χ4n) is 2.44. The number of nitrogens with zero attached hydrogens (tertiary/aromatic N) is 1. The second-order valence-corrected chi connectivity index (χ2v) is 4.63. The Morgan fingerprint density at radius 3 is 2.88 bits per heavy atom. The van der Waals surface area contributed by atoms with Crippen molar-refractivity contribution in [3.05, 3.63) is 29.8 Å². The van der Waals surface area contributed by atoms with Crippen LogP contribution in [0.3, 0.4) is 0 Å². The normalized spacial score (nSPS) is 22.0. The van der Waals surface area contributed by atoms with Gasteiger partial charge in [0.25, 0.3) is 0 Å². The molecule has 0 bridgehead atoms. The van der Waals surface area contributed by atoms with Crippen LogP contribution in [0.25, 0.3) is 0 Å². The van der Waals surface area contributed by atoms with Crippen molar-refractivity contribution < 1.29 is 4.74 Å². The Hall–Kier alpha value is -1.02. The summed E-state index contributed by atoms with van der Waals surface area (Å²) in [7, 11) is 1.75. The molecule has 1 atom stereocenters. The molecule has 0 unspecified atom stereocenters. The Bertz CT molecular complexity index is 337. The highest BCUT2D eigenvalue weighted by Gasteiger charge is 2.19. The average molecular weight is 219 g/mol. The first-order valence-corrected chi connectivity index (χ1v) is 6.17. The number of likely N-dealkylation sites (tertiary alicyclic amines) is 1. The molecular weight excluding hydrogens is 198 g/mol. The molecule has 2 rings (SSSR count). The molecule has 1 aliphatic heterocycles. The van der Waals surface area contributed by atoms with Gasteiger partial charge in [0, 0.05) is 18.2 Å². The van der Waals surface area contributed by atoms with Crippen molar-refractivity contribution in [2.45, 2.75) is 38.8 Å². The summed E-state index contributed by atoms with van der Waals surface area (Å²) in [6.45, 7) is 4.57. The Kier molecular flexibility index (Phi) is 3.83. The van der Waals surface area contributed by atoms with Crippen LogP contribution >= 0.6 is 0 Å². The molecule has 0 amide bonds. The molecule has 0 saturated carbocycles. The number of rotatable bonds is 3. The van der Waals surface area contributed by atoms with E-state index in [0.717, 1.165) is 12.3 Å². The monoisotopic (exact) mass is 219 g/mol. The molecule has 0 aromatic heterocycles. The molecule has 1 aromatic rings. The van der Waals surface area contributed by atoms with Crippen molar-refractivity contribution in [2.24, 2.45) is 0 Å². The number of hydrogen-bond acceptors (Lipinski definition) is 2. The first kappa shape index (κ1) is 11.5. The van der Waals surface area contributed by atoms with Crippen molar-refractivity contribution in [1.82, 2.24) is 4.90 Å². The Morgan fingerprint density at radius 1 is 1.31 bits per heavy atom. The van der Waals surface area contributed by atoms with Crippen LogP contribution in [0.15, 0.2) is 24.3 Å². The minimum atomic E-state index is 0.707. The Balaban J connectivity index is 2.07. The summed E-state index contributed by atoms with van der Waals surface area (Å²) in [5.74, 6) is 1.01. The first-order chi connectivity index (χ1) is 7.81. The van der Waals surface area contributed by atoms with Crippen molar-refractivity contribution in [2.75, 3.05) is 13.7 Å². The number of piperidine rings is 1. The van der Waals surface area contributed by atoms with Gasteiger partial charge in [-0.1, -0.05) is 24.6 Å². The molecule has 0 spiro atoms. The summed E-state index contributed by atoms with van der Waals surface area (Å²) in [5, 5.41) is 0. The number of para-hydroxylation sites is 1. The minimum absolute atomic E-state index is 0.707. The summed E-state index contributed by atoms with van der Waals surface area (Å²) in [5.41, 5.74) is 1.30. The van der Waals surface area contributed by atoms with Gasteiger partial charge in [-0.3, -0.25) is 4.90 Å². The van der Waals surface area contributed by atoms with Gasteiger partial charge in [0.2, 0.25) is 0 Å². The van der Waals surface area contributed by atoms with E-state index in [1.54, 1.807) is 7.11 Å². The fraction of sp³-hybridized carbons (Fsp3) is 0.571. The molecule has 1 fully saturated rings. The molecule has 2 nitrogen and oxygen atoms in total. The van der Waals surface area contributed by atoms with Gasteiger partial charge in [0.05, 0.1) is 7.11 Å². The van der Waals surface area contributed by atoms with Crippen LogP contribution in [-0.2, 0) is 6.54 Å². The van der Waals surface area contributed by atoms with Gasteiger partial charge in [-0.25, -0.2) is 0 Å². The van der Waals surface area contributed by atoms with Crippen LogP contribution < -0.4 is 4.74 Å². The lowest BCUT2D eigenvalue weighted by molar-refractivity contribution is 0.151. The van der Waals surface area contributed by atoms with Crippen LogP contribution in [0.5, 0.6) is 5.75 Å². The highest BCUT2D eigenvalue weighted by Crippen LogP contribution is 2.23. The molecule has 0 N–H and O–H groups in total. The zero-order valence-electron chi connectivity index (χ0n) is 10.3. The van der Waals surface area contributed by atoms with Crippen LogP contribution in [0.2, 0.25) is 0 Å². The van der Waals surface area contributed by atoms with E-state index >= 15 is 0 Å². The van der Waals surface area contributed by atoms with Gasteiger partial charge in [-0.05, 0) is 32.4 Å². The van der Waals surface area contributed by atoms with Gasteiger partial charge >= 0.3 is 0 Å². The summed E-state index contributed by atoms with van der Waals surface area (Å²) >= 11 is 0. The molecule has 2 heteroatoms. The molecule has 0 radical (unpaired) electrons. The van der Waals surface area contributed by atoms with Crippen LogP contribution in [0.4, 0.5) is 0 Å². The number of hydrogen-bond donors (Lipinski definition) is 0. The second-order valence-electron chi connectivity index (χ2n) is 4.63. The van der Waals surface area contributed by atoms with Crippen LogP contribution in [0, 0.1) is 0 Å². The maximum atomic E-state index is 5.40. The summed E-state index contributed by atoms with van der Waals surface area (Å²) < 4.78 is 5.40. The van der Waals surface area contributed by atoms with Gasteiger partial charge in [-0.2, -0.15) is 0 Å². The van der Waals surface area contributed by atoms with Crippen molar-refractivity contribution in [3.8, 4) is 5.75 Å². The standard InChI is InChI=1S/C14H21NO/c1-12-7-5-6-10-15(12)11-13-8-3-4-9-14(13)16-2/h3-4,8-9,12H,5-7,10-11H2,1-2H3/t12-/m1/s1. The predicted molar refractivity (Wildman–Crippen MR) is 66.7 cm³/mol. The lowest BCUT2D eigenvalue weighted by Crippen LogP contribution is -2.36. The second kappa shape index (κ2) is 5.35. The third kappa shape index (κ3) is 2.56. The molecule has 1 aromatic carbocycles. The van der Waals surface area contributed by atoms with E-state index in [1.807, 2.05) is 12.1 Å².